The maximum absolute atomic E-state index is 13.5. The summed E-state index contributed by atoms with van der Waals surface area (Å²) in [6, 6.07) is 6.59. The van der Waals surface area contributed by atoms with Gasteiger partial charge in [-0.05, 0) is 67.2 Å². The Morgan fingerprint density at radius 3 is 2.50 bits per heavy atom. The van der Waals surface area contributed by atoms with E-state index in [1.54, 1.807) is 6.20 Å². The maximum Gasteiger partial charge on any atom is 0.417 e. The van der Waals surface area contributed by atoms with E-state index in [4.69, 9.17) is 0 Å². The number of fused-ring (bicyclic) bond motifs is 1. The summed E-state index contributed by atoms with van der Waals surface area (Å²) in [6.07, 6.45) is 0.612. The molecule has 2 aromatic heterocycles. The number of alkyl halides is 3. The number of rotatable bonds is 4. The molecule has 146 valence electrons. The Bertz CT molecular complexity index is 997. The number of benzene rings is 1. The van der Waals surface area contributed by atoms with Gasteiger partial charge in [0.1, 0.15) is 17.5 Å². The van der Waals surface area contributed by atoms with Crippen molar-refractivity contribution in [3.63, 3.8) is 0 Å². The molecule has 4 rings (SSSR count). The average Bonchev–Trinajstić information content (AvgIpc) is 3.14. The van der Waals surface area contributed by atoms with E-state index in [1.165, 1.54) is 25.1 Å². The number of hydrogen-bond acceptors (Lipinski definition) is 4. The second-order valence-electron chi connectivity index (χ2n) is 6.90. The number of anilines is 2. The lowest BCUT2D eigenvalue weighted by Crippen LogP contribution is -2.18. The highest BCUT2D eigenvalue weighted by Crippen LogP contribution is 2.36. The van der Waals surface area contributed by atoms with Crippen molar-refractivity contribution < 1.29 is 17.6 Å². The fourth-order valence-electron chi connectivity index (χ4n) is 3.49. The van der Waals surface area contributed by atoms with Crippen LogP contribution >= 0.6 is 0 Å². The lowest BCUT2D eigenvalue weighted by Gasteiger charge is -2.15. The van der Waals surface area contributed by atoms with Gasteiger partial charge in [-0.15, -0.1) is 0 Å². The third-order valence-corrected chi connectivity index (χ3v) is 4.79. The molecule has 0 unspecified atom stereocenters. The highest BCUT2D eigenvalue weighted by molar-refractivity contribution is 5.88. The number of pyridine rings is 2. The molecule has 1 fully saturated rings. The van der Waals surface area contributed by atoms with E-state index < -0.39 is 17.6 Å². The highest BCUT2D eigenvalue weighted by atomic mass is 19.4. The van der Waals surface area contributed by atoms with Crippen LogP contribution in [-0.4, -0.2) is 28.0 Å². The first-order valence-electron chi connectivity index (χ1n) is 8.99. The molecule has 0 radical (unpaired) electrons. The molecule has 0 bridgehead atoms. The molecule has 8 heteroatoms. The number of likely N-dealkylation sites (tertiary alicyclic amines) is 1. The molecule has 0 spiro atoms. The molecule has 1 aliphatic heterocycles. The summed E-state index contributed by atoms with van der Waals surface area (Å²) in [7, 11) is 0. The number of aromatic nitrogens is 2. The summed E-state index contributed by atoms with van der Waals surface area (Å²) < 4.78 is 53.4. The van der Waals surface area contributed by atoms with Gasteiger partial charge in [-0.25, -0.2) is 14.4 Å². The first kappa shape index (κ1) is 18.6. The predicted octanol–water partition coefficient (Wildman–Crippen LogP) is 5.13. The van der Waals surface area contributed by atoms with Crippen LogP contribution < -0.4 is 5.32 Å². The van der Waals surface area contributed by atoms with Crippen LogP contribution in [0.3, 0.4) is 0 Å². The zero-order valence-corrected chi connectivity index (χ0v) is 14.9. The first-order chi connectivity index (χ1) is 13.4. The Hall–Kier alpha value is -2.74. The Morgan fingerprint density at radius 1 is 1.00 bits per heavy atom. The van der Waals surface area contributed by atoms with Crippen molar-refractivity contribution in [3.05, 3.63) is 59.7 Å². The van der Waals surface area contributed by atoms with Crippen LogP contribution in [0.2, 0.25) is 0 Å². The van der Waals surface area contributed by atoms with Gasteiger partial charge in [0.2, 0.25) is 0 Å². The van der Waals surface area contributed by atoms with Gasteiger partial charge in [0.15, 0.2) is 0 Å². The average molecular weight is 390 g/mol. The monoisotopic (exact) mass is 390 g/mol. The summed E-state index contributed by atoms with van der Waals surface area (Å²) in [5.74, 6) is -0.228. The van der Waals surface area contributed by atoms with Gasteiger partial charge < -0.3 is 5.32 Å². The van der Waals surface area contributed by atoms with E-state index >= 15 is 0 Å². The molecule has 1 N–H and O–H groups in total. The summed E-state index contributed by atoms with van der Waals surface area (Å²) in [4.78, 5) is 10.7. The molecule has 1 aliphatic rings. The molecule has 0 aliphatic carbocycles. The van der Waals surface area contributed by atoms with Crippen molar-refractivity contribution in [2.45, 2.75) is 25.6 Å². The highest BCUT2D eigenvalue weighted by Gasteiger charge is 2.33. The minimum Gasteiger partial charge on any atom is -0.325 e. The lowest BCUT2D eigenvalue weighted by molar-refractivity contribution is -0.136. The van der Waals surface area contributed by atoms with Gasteiger partial charge in [-0.2, -0.15) is 13.2 Å². The molecule has 4 nitrogen and oxygen atoms in total. The topological polar surface area (TPSA) is 41.0 Å². The van der Waals surface area contributed by atoms with E-state index in [9.17, 15) is 17.6 Å². The van der Waals surface area contributed by atoms with Crippen molar-refractivity contribution in [1.82, 2.24) is 14.9 Å². The summed E-state index contributed by atoms with van der Waals surface area (Å²) in [5.41, 5.74) is 0.0435. The molecular weight excluding hydrogens is 372 g/mol. The molecular formula is C20H18F4N4. The zero-order chi connectivity index (χ0) is 19.7. The van der Waals surface area contributed by atoms with Crippen molar-refractivity contribution >= 4 is 22.4 Å². The third kappa shape index (κ3) is 4.06. The maximum atomic E-state index is 13.5. The van der Waals surface area contributed by atoms with Crippen LogP contribution in [-0.2, 0) is 12.7 Å². The summed E-state index contributed by atoms with van der Waals surface area (Å²) in [5, 5.41) is 2.93. The van der Waals surface area contributed by atoms with Gasteiger partial charge >= 0.3 is 6.18 Å². The molecule has 1 aromatic carbocycles. The van der Waals surface area contributed by atoms with Gasteiger partial charge in [-0.3, -0.25) is 4.90 Å². The smallest absolute Gasteiger partial charge is 0.325 e. The largest absolute Gasteiger partial charge is 0.417 e. The normalized spacial score (nSPS) is 15.3. The Kier molecular flexibility index (Phi) is 4.89. The van der Waals surface area contributed by atoms with Crippen LogP contribution in [0.5, 0.6) is 0 Å². The van der Waals surface area contributed by atoms with E-state index in [2.05, 4.69) is 20.2 Å². The van der Waals surface area contributed by atoms with Gasteiger partial charge in [0.05, 0.1) is 5.56 Å². The molecule has 3 aromatic rings. The van der Waals surface area contributed by atoms with Gasteiger partial charge in [0, 0.05) is 24.3 Å². The van der Waals surface area contributed by atoms with E-state index in [0.717, 1.165) is 31.3 Å². The minimum atomic E-state index is -4.66. The number of nitrogens with zero attached hydrogens (tertiary/aromatic N) is 3. The number of nitrogens with one attached hydrogen (secondary N) is 1. The number of hydrogen-bond donors (Lipinski definition) is 1. The third-order valence-electron chi connectivity index (χ3n) is 4.79. The second-order valence-corrected chi connectivity index (χ2v) is 6.90. The standard InChI is InChI=1S/C20H18F4N4/c21-15-8-14-11-26-19(10-16(14)17(9-15)20(22,23)24)27-18-7-13(3-4-25-18)12-28-5-1-2-6-28/h3-4,7-11H,1-2,5-6,12H2,(H,25,26,27). The van der Waals surface area contributed by atoms with Crippen LogP contribution in [0.15, 0.2) is 42.7 Å². The molecule has 28 heavy (non-hydrogen) atoms. The fraction of sp³-hybridized carbons (Fsp3) is 0.300. The second kappa shape index (κ2) is 7.35. The zero-order valence-electron chi connectivity index (χ0n) is 14.9. The van der Waals surface area contributed by atoms with Crippen LogP contribution in [0.1, 0.15) is 24.0 Å². The fourth-order valence-corrected chi connectivity index (χ4v) is 3.49. The van der Waals surface area contributed by atoms with E-state index in [0.29, 0.717) is 11.9 Å². The quantitative estimate of drug-likeness (QED) is 0.628. The Morgan fingerprint density at radius 2 is 1.75 bits per heavy atom. The SMILES string of the molecule is Fc1cc(C(F)(F)F)c2cc(Nc3cc(CN4CCCC4)ccn3)ncc2c1. The van der Waals surface area contributed by atoms with Crippen molar-refractivity contribution in [2.75, 3.05) is 18.4 Å². The number of halogens is 4. The Balaban J connectivity index is 1.62. The predicted molar refractivity (Wildman–Crippen MR) is 98.7 cm³/mol. The summed E-state index contributed by atoms with van der Waals surface area (Å²) in [6.45, 7) is 2.93. The van der Waals surface area contributed by atoms with Gasteiger partial charge in [-0.1, -0.05) is 0 Å². The molecule has 1 saturated heterocycles. The van der Waals surface area contributed by atoms with E-state index in [1.807, 2.05) is 12.1 Å². The van der Waals surface area contributed by atoms with Crippen molar-refractivity contribution in [1.29, 1.82) is 0 Å². The van der Waals surface area contributed by atoms with Crippen LogP contribution in [0.4, 0.5) is 29.2 Å². The minimum absolute atomic E-state index is 0.0913. The lowest BCUT2D eigenvalue weighted by atomic mass is 10.1. The summed E-state index contributed by atoms with van der Waals surface area (Å²) >= 11 is 0. The molecule has 3 heterocycles. The molecule has 0 saturated carbocycles. The van der Waals surface area contributed by atoms with Crippen molar-refractivity contribution in [2.24, 2.45) is 0 Å². The molecule has 0 atom stereocenters. The van der Waals surface area contributed by atoms with Crippen LogP contribution in [0, 0.1) is 5.82 Å². The van der Waals surface area contributed by atoms with E-state index in [-0.39, 0.29) is 16.6 Å². The molecule has 0 amide bonds. The first-order valence-corrected chi connectivity index (χ1v) is 8.99. The van der Waals surface area contributed by atoms with Gasteiger partial charge in [0.25, 0.3) is 0 Å². The van der Waals surface area contributed by atoms with Crippen molar-refractivity contribution in [3.8, 4) is 0 Å². The van der Waals surface area contributed by atoms with Crippen LogP contribution in [0.25, 0.3) is 10.8 Å². The Labute approximate surface area is 159 Å².